The van der Waals surface area contributed by atoms with Crippen LogP contribution in [0.25, 0.3) is 0 Å². The lowest BCUT2D eigenvalue weighted by Crippen LogP contribution is -2.43. The maximum absolute atomic E-state index is 12.5. The van der Waals surface area contributed by atoms with Gasteiger partial charge >= 0.3 is 11.4 Å². The summed E-state index contributed by atoms with van der Waals surface area (Å²) in [5.41, 5.74) is -0.522. The van der Waals surface area contributed by atoms with Crippen molar-refractivity contribution in [2.75, 3.05) is 0 Å². The lowest BCUT2D eigenvalue weighted by Gasteiger charge is -2.32. The molecule has 2 aliphatic rings. The highest BCUT2D eigenvalue weighted by atomic mass is 32.2. The first kappa shape index (κ1) is 30.5. The second-order valence-corrected chi connectivity index (χ2v) is 13.3. The minimum absolute atomic E-state index is 0.117. The Balaban J connectivity index is 2.22. The molecular formula is C26H43NO8S. The van der Waals surface area contributed by atoms with Crippen molar-refractivity contribution in [2.24, 2.45) is 0 Å². The summed E-state index contributed by atoms with van der Waals surface area (Å²) < 4.78 is 17.2. The summed E-state index contributed by atoms with van der Waals surface area (Å²) in [6.07, 6.45) is 1.71. The maximum atomic E-state index is 12.5. The Bertz CT molecular complexity index is 801. The molecule has 0 spiro atoms. The number of nitrogens with one attached hydrogen (secondary N) is 1. The van der Waals surface area contributed by atoms with Crippen molar-refractivity contribution in [3.05, 3.63) is 24.0 Å². The number of hydrogen-bond donors (Lipinski definition) is 4. The third kappa shape index (κ3) is 12.0. The number of thioether (sulfide) groups is 1. The van der Waals surface area contributed by atoms with Crippen LogP contribution in [-0.2, 0) is 14.2 Å². The highest BCUT2D eigenvalue weighted by Gasteiger charge is 2.32. The number of rotatable bonds is 4. The molecule has 0 fully saturated rings. The van der Waals surface area contributed by atoms with Crippen LogP contribution in [0.3, 0.4) is 0 Å². The fraction of sp³-hybridized carbons (Fsp3) is 0.769. The van der Waals surface area contributed by atoms with Gasteiger partial charge < -0.3 is 34.8 Å². The summed E-state index contributed by atoms with van der Waals surface area (Å²) in [7, 11) is 0. The Morgan fingerprint density at radius 2 is 1.58 bits per heavy atom. The van der Waals surface area contributed by atoms with Crippen molar-refractivity contribution in [3.63, 3.8) is 0 Å². The molecule has 0 aliphatic heterocycles. The summed E-state index contributed by atoms with van der Waals surface area (Å²) in [6.45, 7) is 11.2. The van der Waals surface area contributed by atoms with Gasteiger partial charge in [-0.2, -0.15) is 0 Å². The zero-order valence-corrected chi connectivity index (χ0v) is 23.0. The van der Waals surface area contributed by atoms with E-state index in [2.05, 4.69) is 5.32 Å². The summed E-state index contributed by atoms with van der Waals surface area (Å²) in [6, 6.07) is 0. The van der Waals surface area contributed by atoms with Crippen molar-refractivity contribution >= 4 is 23.2 Å². The van der Waals surface area contributed by atoms with Crippen LogP contribution in [0.4, 0.5) is 9.59 Å². The van der Waals surface area contributed by atoms with Crippen LogP contribution in [-0.4, -0.2) is 73.6 Å². The molecule has 0 heterocycles. The van der Waals surface area contributed by atoms with Crippen molar-refractivity contribution in [1.82, 2.24) is 5.32 Å². The van der Waals surface area contributed by atoms with Gasteiger partial charge in [-0.25, -0.2) is 9.59 Å². The average Bonchev–Trinajstić information content (AvgIpc) is 2.68. The van der Waals surface area contributed by atoms with Crippen LogP contribution >= 0.6 is 11.8 Å². The standard InChI is InChI=1S/C26H43NO8S/c1-25(2,3)27-23(31)35-22-14-18(30)8-7-17(29)13-21(22)33-19-11-9-16(28)10-12-20(15-19)34-24(32)36-26(4,5)6/h10,12-13,16-20,22,28-30H,7-9,11,14-15H2,1-6H3,(H,27,31)/b12-10+,21-13-. The van der Waals surface area contributed by atoms with Gasteiger partial charge in [0, 0.05) is 23.1 Å². The van der Waals surface area contributed by atoms with E-state index in [-0.39, 0.29) is 16.9 Å². The smallest absolute Gasteiger partial charge is 0.408 e. The second kappa shape index (κ2) is 13.2. The quantitative estimate of drug-likeness (QED) is 0.312. The third-order valence-corrected chi connectivity index (χ3v) is 6.32. The van der Waals surface area contributed by atoms with E-state index < -0.39 is 53.6 Å². The molecule has 0 saturated heterocycles. The van der Waals surface area contributed by atoms with Crippen molar-refractivity contribution in [2.45, 2.75) is 127 Å². The zero-order valence-electron chi connectivity index (χ0n) is 22.2. The van der Waals surface area contributed by atoms with Gasteiger partial charge in [0.15, 0.2) is 6.10 Å². The van der Waals surface area contributed by atoms with Gasteiger partial charge in [-0.05, 0) is 70.4 Å². The normalized spacial score (nSPS) is 32.4. The van der Waals surface area contributed by atoms with Crippen LogP contribution in [0, 0.1) is 0 Å². The molecule has 9 nitrogen and oxygen atoms in total. The first-order valence-corrected chi connectivity index (χ1v) is 13.4. The lowest BCUT2D eigenvalue weighted by atomic mass is 9.97. The van der Waals surface area contributed by atoms with E-state index in [1.807, 2.05) is 41.5 Å². The topological polar surface area (TPSA) is 135 Å². The minimum Gasteiger partial charge on any atom is -0.491 e. The van der Waals surface area contributed by atoms with Crippen LogP contribution in [0.5, 0.6) is 0 Å². The van der Waals surface area contributed by atoms with Crippen molar-refractivity contribution in [1.29, 1.82) is 0 Å². The van der Waals surface area contributed by atoms with E-state index in [0.29, 0.717) is 32.1 Å². The van der Waals surface area contributed by atoms with E-state index >= 15 is 0 Å². The molecular weight excluding hydrogens is 486 g/mol. The minimum atomic E-state index is -0.916. The summed E-state index contributed by atoms with van der Waals surface area (Å²) in [4.78, 5) is 24.9. The Morgan fingerprint density at radius 1 is 0.917 bits per heavy atom. The summed E-state index contributed by atoms with van der Waals surface area (Å²) in [5.74, 6) is 0.239. The van der Waals surface area contributed by atoms with E-state index in [1.165, 1.54) is 6.08 Å². The Kier molecular flexibility index (Phi) is 11.1. The van der Waals surface area contributed by atoms with Crippen molar-refractivity contribution < 1.29 is 39.1 Å². The van der Waals surface area contributed by atoms with Crippen LogP contribution < -0.4 is 5.32 Å². The highest BCUT2D eigenvalue weighted by molar-refractivity contribution is 8.14. The van der Waals surface area contributed by atoms with Gasteiger partial charge in [-0.1, -0.05) is 26.8 Å². The van der Waals surface area contributed by atoms with Gasteiger partial charge in [0.2, 0.25) is 0 Å². The SMILES string of the molecule is CC(C)(C)NC(=O)OC1CC(O)CCC(O)/C=C/1OC1CCC(O)/C=C/C(OC(=O)SC(C)(C)C)C1. The number of aliphatic hydroxyl groups excluding tert-OH is 3. The number of amides is 1. The molecule has 0 bridgehead atoms. The predicted molar refractivity (Wildman–Crippen MR) is 139 cm³/mol. The molecule has 2 aliphatic carbocycles. The largest absolute Gasteiger partial charge is 0.491 e. The fourth-order valence-electron chi connectivity index (χ4n) is 3.86. The molecule has 0 saturated carbocycles. The molecule has 1 amide bonds. The molecule has 0 radical (unpaired) electrons. The molecule has 2 rings (SSSR count). The Hall–Kier alpha value is -1.75. The second-order valence-electron chi connectivity index (χ2n) is 11.5. The summed E-state index contributed by atoms with van der Waals surface area (Å²) >= 11 is 1.08. The number of carbonyl (C=O) groups excluding carboxylic acids is 2. The predicted octanol–water partition coefficient (Wildman–Crippen LogP) is 4.19. The fourth-order valence-corrected chi connectivity index (χ4v) is 4.53. The lowest BCUT2D eigenvalue weighted by molar-refractivity contribution is -0.0146. The number of carbonyl (C=O) groups is 2. The van der Waals surface area contributed by atoms with Gasteiger partial charge in [-0.15, -0.1) is 0 Å². The van der Waals surface area contributed by atoms with E-state index in [0.717, 1.165) is 11.8 Å². The zero-order chi connectivity index (χ0) is 27.1. The third-order valence-electron chi connectivity index (χ3n) is 5.45. The molecule has 6 unspecified atom stereocenters. The van der Waals surface area contributed by atoms with Gasteiger partial charge in [-0.3, -0.25) is 0 Å². The monoisotopic (exact) mass is 529 g/mol. The average molecular weight is 530 g/mol. The van der Waals surface area contributed by atoms with Gasteiger partial charge in [0.1, 0.15) is 18.0 Å². The van der Waals surface area contributed by atoms with Gasteiger partial charge in [0.25, 0.3) is 0 Å². The van der Waals surface area contributed by atoms with Crippen LogP contribution in [0.15, 0.2) is 24.0 Å². The Morgan fingerprint density at radius 3 is 2.22 bits per heavy atom. The maximum Gasteiger partial charge on any atom is 0.408 e. The molecule has 4 N–H and O–H groups in total. The van der Waals surface area contributed by atoms with Gasteiger partial charge in [0.05, 0.1) is 18.3 Å². The molecule has 10 heteroatoms. The van der Waals surface area contributed by atoms with E-state index in [1.54, 1.807) is 12.2 Å². The molecule has 0 aromatic carbocycles. The molecule has 0 aromatic rings. The highest BCUT2D eigenvalue weighted by Crippen LogP contribution is 2.30. The number of aliphatic hydroxyl groups is 3. The number of ether oxygens (including phenoxy) is 3. The number of alkyl carbamates (subject to hydrolysis) is 1. The number of hydrogen-bond acceptors (Lipinski definition) is 9. The van der Waals surface area contributed by atoms with Crippen LogP contribution in [0.1, 0.15) is 80.1 Å². The van der Waals surface area contributed by atoms with E-state index in [4.69, 9.17) is 14.2 Å². The summed E-state index contributed by atoms with van der Waals surface area (Å²) in [5, 5.41) is 33.4. The molecule has 0 aromatic heterocycles. The first-order valence-electron chi connectivity index (χ1n) is 12.6. The Labute approximate surface area is 218 Å². The molecule has 206 valence electrons. The van der Waals surface area contributed by atoms with E-state index in [9.17, 15) is 24.9 Å². The van der Waals surface area contributed by atoms with Crippen LogP contribution in [0.2, 0.25) is 0 Å². The molecule has 36 heavy (non-hydrogen) atoms. The first-order chi connectivity index (χ1) is 16.6. The van der Waals surface area contributed by atoms with Crippen molar-refractivity contribution in [3.8, 4) is 0 Å². The molecule has 6 atom stereocenters.